The first-order valence-corrected chi connectivity index (χ1v) is 9.34. The van der Waals surface area contributed by atoms with Gasteiger partial charge in [0.15, 0.2) is 0 Å². The first kappa shape index (κ1) is 19.4. The summed E-state index contributed by atoms with van der Waals surface area (Å²) >= 11 is 5.69. The van der Waals surface area contributed by atoms with E-state index in [1.807, 2.05) is 0 Å². The first-order valence-electron chi connectivity index (χ1n) is 7.48. The van der Waals surface area contributed by atoms with Gasteiger partial charge < -0.3 is 4.74 Å². The van der Waals surface area contributed by atoms with Crippen LogP contribution in [0.4, 0.5) is 0 Å². The number of carbonyl (C=O) groups is 1. The summed E-state index contributed by atoms with van der Waals surface area (Å²) in [5, 5.41) is 0.357. The summed E-state index contributed by atoms with van der Waals surface area (Å²) in [6.07, 6.45) is 1.52. The Labute approximate surface area is 152 Å². The first-order chi connectivity index (χ1) is 11.6. The van der Waals surface area contributed by atoms with E-state index < -0.39 is 21.5 Å². The fraction of sp³-hybridized carbons (Fsp3) is 0.294. The number of benzene rings is 1. The van der Waals surface area contributed by atoms with Crippen molar-refractivity contribution in [2.45, 2.75) is 37.8 Å². The van der Waals surface area contributed by atoms with Crippen LogP contribution in [0.2, 0.25) is 5.15 Å². The molecule has 25 heavy (non-hydrogen) atoms. The Hall–Kier alpha value is -1.96. The smallest absolute Gasteiger partial charge is 0.338 e. The average Bonchev–Trinajstić information content (AvgIpc) is 2.52. The summed E-state index contributed by atoms with van der Waals surface area (Å²) in [4.78, 5) is 16.0. The summed E-state index contributed by atoms with van der Waals surface area (Å²) in [6.45, 7) is 5.31. The second-order valence-electron chi connectivity index (χ2n) is 6.45. The summed E-state index contributed by atoms with van der Waals surface area (Å²) in [5.41, 5.74) is 0.367. The van der Waals surface area contributed by atoms with E-state index in [0.717, 1.165) is 0 Å². The molecule has 0 bridgehead atoms. The zero-order valence-corrected chi connectivity index (χ0v) is 15.7. The highest BCUT2D eigenvalue weighted by atomic mass is 35.5. The van der Waals surface area contributed by atoms with E-state index in [1.54, 1.807) is 32.9 Å². The maximum atomic E-state index is 12.2. The molecule has 0 radical (unpaired) electrons. The predicted molar refractivity (Wildman–Crippen MR) is 94.9 cm³/mol. The lowest BCUT2D eigenvalue weighted by Gasteiger charge is -2.20. The standard InChI is InChI=1S/C17H19ClN2O4S/c1-17(2,3)20-25(22,23)14-7-5-13(6-8-14)16(21)24-11-12-4-9-15(18)19-10-12/h4-10,20H,11H2,1-3H3. The van der Waals surface area contributed by atoms with Crippen molar-refractivity contribution in [3.8, 4) is 0 Å². The van der Waals surface area contributed by atoms with E-state index in [4.69, 9.17) is 16.3 Å². The van der Waals surface area contributed by atoms with Crippen LogP contribution in [-0.4, -0.2) is 24.9 Å². The molecule has 6 nitrogen and oxygen atoms in total. The van der Waals surface area contributed by atoms with E-state index in [2.05, 4.69) is 9.71 Å². The molecule has 1 heterocycles. The summed E-state index contributed by atoms with van der Waals surface area (Å²) in [7, 11) is -3.64. The van der Waals surface area contributed by atoms with Gasteiger partial charge >= 0.3 is 5.97 Å². The van der Waals surface area contributed by atoms with Crippen molar-refractivity contribution >= 4 is 27.6 Å². The van der Waals surface area contributed by atoms with E-state index in [0.29, 0.717) is 10.7 Å². The lowest BCUT2D eigenvalue weighted by atomic mass is 10.1. The van der Waals surface area contributed by atoms with E-state index in [9.17, 15) is 13.2 Å². The molecule has 1 N–H and O–H groups in total. The number of nitrogens with one attached hydrogen (secondary N) is 1. The molecule has 0 saturated heterocycles. The van der Waals surface area contributed by atoms with Gasteiger partial charge in [0.1, 0.15) is 11.8 Å². The normalized spacial score (nSPS) is 12.0. The number of halogens is 1. The molecule has 0 aliphatic heterocycles. The quantitative estimate of drug-likeness (QED) is 0.634. The number of nitrogens with zero attached hydrogens (tertiary/aromatic N) is 1. The molecule has 1 aromatic carbocycles. The van der Waals surface area contributed by atoms with Crippen LogP contribution in [0.25, 0.3) is 0 Å². The van der Waals surface area contributed by atoms with E-state index in [-0.39, 0.29) is 17.1 Å². The van der Waals surface area contributed by atoms with Gasteiger partial charge in [-0.3, -0.25) is 0 Å². The summed E-state index contributed by atoms with van der Waals surface area (Å²) in [5.74, 6) is -0.553. The third-order valence-electron chi connectivity index (χ3n) is 3.00. The van der Waals surface area contributed by atoms with Crippen molar-refractivity contribution in [3.63, 3.8) is 0 Å². The third kappa shape index (κ3) is 5.81. The van der Waals surface area contributed by atoms with Crippen molar-refractivity contribution in [1.82, 2.24) is 9.71 Å². The Balaban J connectivity index is 2.03. The number of hydrogen-bond acceptors (Lipinski definition) is 5. The van der Waals surface area contributed by atoms with Gasteiger partial charge in [-0.25, -0.2) is 22.9 Å². The minimum absolute atomic E-state index is 0.0502. The Morgan fingerprint density at radius 2 is 1.80 bits per heavy atom. The van der Waals surface area contributed by atoms with Gasteiger partial charge in [0.25, 0.3) is 0 Å². The van der Waals surface area contributed by atoms with Gasteiger partial charge in [-0.1, -0.05) is 17.7 Å². The average molecular weight is 383 g/mol. The topological polar surface area (TPSA) is 85.4 Å². The summed E-state index contributed by atoms with van der Waals surface area (Å²) in [6, 6.07) is 8.88. The van der Waals surface area contributed by atoms with Gasteiger partial charge in [-0.05, 0) is 51.1 Å². The number of esters is 1. The van der Waals surface area contributed by atoms with Crippen LogP contribution in [0.15, 0.2) is 47.5 Å². The molecule has 1 aromatic heterocycles. The SMILES string of the molecule is CC(C)(C)NS(=O)(=O)c1ccc(C(=O)OCc2ccc(Cl)nc2)cc1. The van der Waals surface area contributed by atoms with Gasteiger partial charge in [0, 0.05) is 17.3 Å². The van der Waals surface area contributed by atoms with Crippen LogP contribution in [0.5, 0.6) is 0 Å². The largest absolute Gasteiger partial charge is 0.457 e. The molecule has 2 aromatic rings. The molecule has 2 rings (SSSR count). The second-order valence-corrected chi connectivity index (χ2v) is 8.51. The molecule has 0 spiro atoms. The monoisotopic (exact) mass is 382 g/mol. The highest BCUT2D eigenvalue weighted by molar-refractivity contribution is 7.89. The fourth-order valence-electron chi connectivity index (χ4n) is 1.96. The maximum absolute atomic E-state index is 12.2. The molecule has 0 aliphatic carbocycles. The van der Waals surface area contributed by atoms with Crippen molar-refractivity contribution < 1.29 is 17.9 Å². The van der Waals surface area contributed by atoms with Gasteiger partial charge in [0.05, 0.1) is 10.5 Å². The molecule has 0 fully saturated rings. The van der Waals surface area contributed by atoms with E-state index in [1.165, 1.54) is 30.5 Å². The van der Waals surface area contributed by atoms with Crippen molar-refractivity contribution in [2.75, 3.05) is 0 Å². The molecular weight excluding hydrogens is 364 g/mol. The Morgan fingerprint density at radius 1 is 1.16 bits per heavy atom. The predicted octanol–water partition coefficient (Wildman–Crippen LogP) is 3.17. The minimum Gasteiger partial charge on any atom is -0.457 e. The van der Waals surface area contributed by atoms with Gasteiger partial charge in [-0.2, -0.15) is 0 Å². The number of pyridine rings is 1. The number of hydrogen-bond donors (Lipinski definition) is 1. The molecule has 0 saturated carbocycles. The molecule has 8 heteroatoms. The highest BCUT2D eigenvalue weighted by Gasteiger charge is 2.22. The third-order valence-corrected chi connectivity index (χ3v) is 5.00. The Kier molecular flexibility index (Phi) is 5.82. The molecular formula is C17H19ClN2O4S. The second kappa shape index (κ2) is 7.51. The van der Waals surface area contributed by atoms with Crippen molar-refractivity contribution in [3.05, 3.63) is 58.9 Å². The molecule has 0 amide bonds. The highest BCUT2D eigenvalue weighted by Crippen LogP contribution is 2.15. The zero-order chi connectivity index (χ0) is 18.7. The number of carbonyl (C=O) groups excluding carboxylic acids is 1. The summed E-state index contributed by atoms with van der Waals surface area (Å²) < 4.78 is 32.2. The number of aromatic nitrogens is 1. The molecule has 134 valence electrons. The fourth-order valence-corrected chi connectivity index (χ4v) is 3.49. The maximum Gasteiger partial charge on any atom is 0.338 e. The minimum atomic E-state index is -3.64. The zero-order valence-electron chi connectivity index (χ0n) is 14.1. The van der Waals surface area contributed by atoms with Crippen LogP contribution in [0.3, 0.4) is 0 Å². The van der Waals surface area contributed by atoms with Crippen LogP contribution in [0.1, 0.15) is 36.7 Å². The van der Waals surface area contributed by atoms with Crippen LogP contribution in [-0.2, 0) is 21.4 Å². The lowest BCUT2D eigenvalue weighted by Crippen LogP contribution is -2.40. The number of rotatable bonds is 5. The van der Waals surface area contributed by atoms with Crippen molar-refractivity contribution in [1.29, 1.82) is 0 Å². The van der Waals surface area contributed by atoms with Gasteiger partial charge in [0.2, 0.25) is 10.0 Å². The van der Waals surface area contributed by atoms with Crippen LogP contribution < -0.4 is 4.72 Å². The lowest BCUT2D eigenvalue weighted by molar-refractivity contribution is 0.0472. The van der Waals surface area contributed by atoms with Gasteiger partial charge in [-0.15, -0.1) is 0 Å². The number of sulfonamides is 1. The van der Waals surface area contributed by atoms with Crippen LogP contribution in [0, 0.1) is 0 Å². The molecule has 0 aliphatic rings. The molecule has 0 unspecified atom stereocenters. The number of ether oxygens (including phenoxy) is 1. The van der Waals surface area contributed by atoms with Crippen LogP contribution >= 0.6 is 11.6 Å². The Bertz CT molecular complexity index is 842. The van der Waals surface area contributed by atoms with E-state index >= 15 is 0 Å². The molecule has 0 atom stereocenters. The Morgan fingerprint density at radius 3 is 2.32 bits per heavy atom. The van der Waals surface area contributed by atoms with Crippen molar-refractivity contribution in [2.24, 2.45) is 0 Å².